The lowest BCUT2D eigenvalue weighted by atomic mass is 10.2. The fourth-order valence-electron chi connectivity index (χ4n) is 1.75. The molecule has 4 nitrogen and oxygen atoms in total. The first-order chi connectivity index (χ1) is 10.2. The van der Waals surface area contributed by atoms with Crippen molar-refractivity contribution in [2.75, 3.05) is 12.9 Å². The highest BCUT2D eigenvalue weighted by Crippen LogP contribution is 2.33. The number of nitrogens with zero attached hydrogens (tertiary/aromatic N) is 2. The van der Waals surface area contributed by atoms with Crippen molar-refractivity contribution in [3.05, 3.63) is 29.6 Å². The van der Waals surface area contributed by atoms with E-state index in [-0.39, 0.29) is 22.3 Å². The van der Waals surface area contributed by atoms with Gasteiger partial charge in [0.15, 0.2) is 0 Å². The minimum absolute atomic E-state index is 0.0574. The molecule has 1 aromatic carbocycles. The number of thioether (sulfide) groups is 1. The Morgan fingerprint density at radius 1 is 1.32 bits per heavy atom. The van der Waals surface area contributed by atoms with Gasteiger partial charge in [-0.05, 0) is 24.6 Å². The summed E-state index contributed by atoms with van der Waals surface area (Å²) >= 11 is 0.544. The first-order valence-electron chi connectivity index (χ1n) is 6.04. The maximum Gasteiger partial charge on any atom is 0.398 e. The number of alkyl halides is 3. The second kappa shape index (κ2) is 6.07. The average molecular weight is 336 g/mol. The van der Waals surface area contributed by atoms with Crippen LogP contribution in [0.1, 0.15) is 5.56 Å². The summed E-state index contributed by atoms with van der Waals surface area (Å²) in [5, 5.41) is 13.5. The summed E-state index contributed by atoms with van der Waals surface area (Å²) in [6.45, 7) is 1.51. The van der Waals surface area contributed by atoms with Gasteiger partial charge in [-0.1, -0.05) is 0 Å². The van der Waals surface area contributed by atoms with E-state index in [1.165, 1.54) is 26.2 Å². The first kappa shape index (κ1) is 16.5. The molecule has 0 bridgehead atoms. The summed E-state index contributed by atoms with van der Waals surface area (Å²) in [5.74, 6) is -2.13. The Hall–Kier alpha value is -1.90. The van der Waals surface area contributed by atoms with Crippen LogP contribution in [0.5, 0.6) is 11.8 Å². The monoisotopic (exact) mass is 336 g/mol. The number of aromatic nitrogens is 2. The van der Waals surface area contributed by atoms with Crippen molar-refractivity contribution in [1.29, 1.82) is 0 Å². The highest BCUT2D eigenvalue weighted by atomic mass is 32.2. The summed E-state index contributed by atoms with van der Waals surface area (Å²) < 4.78 is 56.7. The van der Waals surface area contributed by atoms with Crippen molar-refractivity contribution in [2.45, 2.75) is 18.0 Å². The zero-order chi connectivity index (χ0) is 16.5. The zero-order valence-electron chi connectivity index (χ0n) is 11.6. The number of benzene rings is 1. The molecule has 0 fully saturated rings. The summed E-state index contributed by atoms with van der Waals surface area (Å²) in [6.07, 6.45) is -4.33. The van der Waals surface area contributed by atoms with Gasteiger partial charge in [0.05, 0.1) is 18.9 Å². The summed E-state index contributed by atoms with van der Waals surface area (Å²) in [4.78, 5) is 0.252. The van der Waals surface area contributed by atoms with Crippen molar-refractivity contribution < 1.29 is 27.4 Å². The Morgan fingerprint density at radius 2 is 2.00 bits per heavy atom. The van der Waals surface area contributed by atoms with E-state index in [0.29, 0.717) is 17.3 Å². The van der Waals surface area contributed by atoms with Crippen molar-refractivity contribution in [1.82, 2.24) is 9.78 Å². The number of hydrogen-bond donors (Lipinski definition) is 1. The summed E-state index contributed by atoms with van der Waals surface area (Å²) in [6, 6.07) is 3.48. The van der Waals surface area contributed by atoms with Gasteiger partial charge in [0.1, 0.15) is 11.5 Å². The number of rotatable bonds is 4. The van der Waals surface area contributed by atoms with Gasteiger partial charge in [0, 0.05) is 4.90 Å². The van der Waals surface area contributed by atoms with Crippen LogP contribution in [0.2, 0.25) is 0 Å². The SMILES string of the molecule is COc1cc(O)n(-c2cc(SCC(F)(F)F)c(C)cc2F)n1. The van der Waals surface area contributed by atoms with E-state index >= 15 is 0 Å². The molecule has 1 aromatic heterocycles. The molecule has 0 aliphatic rings. The van der Waals surface area contributed by atoms with Crippen LogP contribution in [0.3, 0.4) is 0 Å². The Balaban J connectivity index is 2.41. The third-order valence-electron chi connectivity index (χ3n) is 2.74. The quantitative estimate of drug-likeness (QED) is 0.683. The standard InChI is InChI=1S/C13H12F4N2O2S/c1-7-3-8(14)9(4-10(7)22-6-13(15,16)17)19-12(20)5-11(18-19)21-2/h3-5,20H,6H2,1-2H3. The van der Waals surface area contributed by atoms with Gasteiger partial charge in [-0.25, -0.2) is 4.39 Å². The van der Waals surface area contributed by atoms with E-state index in [1.54, 1.807) is 0 Å². The van der Waals surface area contributed by atoms with Crippen molar-refractivity contribution in [3.63, 3.8) is 0 Å². The van der Waals surface area contributed by atoms with Crippen LogP contribution < -0.4 is 4.74 Å². The average Bonchev–Trinajstić information content (AvgIpc) is 2.78. The van der Waals surface area contributed by atoms with Gasteiger partial charge in [-0.3, -0.25) is 0 Å². The topological polar surface area (TPSA) is 47.3 Å². The van der Waals surface area contributed by atoms with Gasteiger partial charge < -0.3 is 9.84 Å². The van der Waals surface area contributed by atoms with E-state index < -0.39 is 17.7 Å². The summed E-state index contributed by atoms with van der Waals surface area (Å²) in [5.41, 5.74) is 0.213. The second-order valence-electron chi connectivity index (χ2n) is 4.43. The Labute approximate surface area is 127 Å². The van der Waals surface area contributed by atoms with Crippen LogP contribution in [0.25, 0.3) is 5.69 Å². The van der Waals surface area contributed by atoms with Crippen LogP contribution >= 0.6 is 11.8 Å². The predicted octanol–water partition coefficient (Wildman–Crippen LogP) is 3.69. The molecule has 0 saturated carbocycles. The third-order valence-corrected chi connectivity index (χ3v) is 3.96. The van der Waals surface area contributed by atoms with E-state index in [4.69, 9.17) is 4.74 Å². The van der Waals surface area contributed by atoms with Gasteiger partial charge in [-0.2, -0.15) is 17.9 Å². The molecule has 2 aromatic rings. The normalized spacial score (nSPS) is 11.7. The predicted molar refractivity (Wildman–Crippen MR) is 73.3 cm³/mol. The largest absolute Gasteiger partial charge is 0.493 e. The number of halogens is 4. The van der Waals surface area contributed by atoms with Crippen LogP contribution in [-0.2, 0) is 0 Å². The second-order valence-corrected chi connectivity index (χ2v) is 5.45. The number of hydrogen-bond acceptors (Lipinski definition) is 4. The van der Waals surface area contributed by atoms with E-state index in [2.05, 4.69) is 5.10 Å². The summed E-state index contributed by atoms with van der Waals surface area (Å²) in [7, 11) is 1.32. The lowest BCUT2D eigenvalue weighted by Gasteiger charge is -2.12. The molecule has 0 spiro atoms. The highest BCUT2D eigenvalue weighted by molar-refractivity contribution is 7.99. The van der Waals surface area contributed by atoms with E-state index in [9.17, 15) is 22.7 Å². The van der Waals surface area contributed by atoms with Crippen LogP contribution in [-0.4, -0.2) is 33.9 Å². The first-order valence-corrected chi connectivity index (χ1v) is 7.03. The van der Waals surface area contributed by atoms with Gasteiger partial charge in [0.2, 0.25) is 11.8 Å². The van der Waals surface area contributed by atoms with Crippen molar-refractivity contribution in [3.8, 4) is 17.4 Å². The zero-order valence-corrected chi connectivity index (χ0v) is 12.4. The van der Waals surface area contributed by atoms with Crippen molar-refractivity contribution in [2.24, 2.45) is 0 Å². The molecule has 1 heterocycles. The Morgan fingerprint density at radius 3 is 2.55 bits per heavy atom. The number of methoxy groups -OCH3 is 1. The number of ether oxygens (including phenoxy) is 1. The third kappa shape index (κ3) is 3.65. The highest BCUT2D eigenvalue weighted by Gasteiger charge is 2.28. The van der Waals surface area contributed by atoms with Crippen LogP contribution in [0.15, 0.2) is 23.1 Å². The number of aryl methyl sites for hydroxylation is 1. The van der Waals surface area contributed by atoms with E-state index in [0.717, 1.165) is 10.7 Å². The molecule has 2 rings (SSSR count). The molecule has 0 radical (unpaired) electrons. The minimum Gasteiger partial charge on any atom is -0.493 e. The molecular formula is C13H12F4N2O2S. The van der Waals surface area contributed by atoms with Crippen LogP contribution in [0, 0.1) is 12.7 Å². The Kier molecular flexibility index (Phi) is 4.55. The maximum absolute atomic E-state index is 14.0. The molecule has 1 N–H and O–H groups in total. The van der Waals surface area contributed by atoms with Gasteiger partial charge >= 0.3 is 6.18 Å². The fourth-order valence-corrected chi connectivity index (χ4v) is 2.55. The molecule has 0 saturated heterocycles. The van der Waals surface area contributed by atoms with E-state index in [1.807, 2.05) is 0 Å². The lowest BCUT2D eigenvalue weighted by Crippen LogP contribution is -2.11. The molecule has 22 heavy (non-hydrogen) atoms. The number of aromatic hydroxyl groups is 1. The van der Waals surface area contributed by atoms with Gasteiger partial charge in [-0.15, -0.1) is 16.9 Å². The molecule has 0 aliphatic heterocycles. The molecule has 120 valence electrons. The minimum atomic E-state index is -4.33. The molecular weight excluding hydrogens is 324 g/mol. The van der Waals surface area contributed by atoms with Crippen LogP contribution in [0.4, 0.5) is 17.6 Å². The molecule has 0 amide bonds. The fraction of sp³-hybridized carbons (Fsp3) is 0.308. The lowest BCUT2D eigenvalue weighted by molar-refractivity contribution is -0.105. The molecule has 0 atom stereocenters. The Bertz CT molecular complexity index is 685. The molecule has 0 aliphatic carbocycles. The molecule has 0 unspecified atom stereocenters. The maximum atomic E-state index is 14.0. The molecule has 9 heteroatoms. The van der Waals surface area contributed by atoms with Gasteiger partial charge in [0.25, 0.3) is 0 Å². The van der Waals surface area contributed by atoms with Crippen molar-refractivity contribution >= 4 is 11.8 Å². The smallest absolute Gasteiger partial charge is 0.398 e.